The molecule has 1 fully saturated rings. The van der Waals surface area contributed by atoms with E-state index in [1.54, 1.807) is 19.1 Å². The van der Waals surface area contributed by atoms with Gasteiger partial charge < -0.3 is 14.8 Å². The maximum Gasteiger partial charge on any atom is 0.339 e. The summed E-state index contributed by atoms with van der Waals surface area (Å²) in [6.45, 7) is 1.76. The Kier molecular flexibility index (Phi) is 3.67. The smallest absolute Gasteiger partial charge is 0.339 e. The molecule has 0 spiro atoms. The van der Waals surface area contributed by atoms with Crippen molar-refractivity contribution in [3.8, 4) is 0 Å². The predicted molar refractivity (Wildman–Crippen MR) is 79.8 cm³/mol. The number of aryl methyl sites for hydroxylation is 1. The number of hydrogen-bond acceptors (Lipinski definition) is 3. The summed E-state index contributed by atoms with van der Waals surface area (Å²) in [6.07, 6.45) is 1.88. The van der Waals surface area contributed by atoms with E-state index in [1.807, 2.05) is 0 Å². The highest BCUT2D eigenvalue weighted by atomic mass is 19.1. The van der Waals surface area contributed by atoms with Gasteiger partial charge in [-0.1, -0.05) is 19.1 Å². The Labute approximate surface area is 132 Å². The summed E-state index contributed by atoms with van der Waals surface area (Å²) < 4.78 is 18.4. The van der Waals surface area contributed by atoms with Crippen molar-refractivity contribution >= 4 is 11.9 Å². The molecule has 0 radical (unpaired) electrons. The number of furan rings is 1. The van der Waals surface area contributed by atoms with Gasteiger partial charge in [0.1, 0.15) is 17.1 Å². The molecule has 0 unspecified atom stereocenters. The number of nitrogens with one attached hydrogen (secondary N) is 1. The van der Waals surface area contributed by atoms with Gasteiger partial charge in [0.15, 0.2) is 5.76 Å². The maximum absolute atomic E-state index is 13.0. The first kappa shape index (κ1) is 15.3. The number of carboxylic acid groups (broad SMARTS) is 1. The number of amides is 1. The first-order valence-corrected chi connectivity index (χ1v) is 7.40. The lowest BCUT2D eigenvalue weighted by Gasteiger charge is -2.17. The Bertz CT molecular complexity index is 759. The molecule has 120 valence electrons. The van der Waals surface area contributed by atoms with Crippen LogP contribution >= 0.6 is 0 Å². The summed E-state index contributed by atoms with van der Waals surface area (Å²) in [5.41, 5.74) is 0.310. The Balaban J connectivity index is 1.82. The fourth-order valence-corrected chi connectivity index (χ4v) is 2.64. The fourth-order valence-electron chi connectivity index (χ4n) is 2.64. The number of carbonyl (C=O) groups excluding carboxylic acids is 1. The normalized spacial score (nSPS) is 15.2. The topological polar surface area (TPSA) is 79.5 Å². The van der Waals surface area contributed by atoms with E-state index < -0.39 is 17.4 Å². The Morgan fingerprint density at radius 3 is 2.43 bits per heavy atom. The molecule has 1 aromatic heterocycles. The van der Waals surface area contributed by atoms with Crippen LogP contribution in [0.3, 0.4) is 0 Å². The lowest BCUT2D eigenvalue weighted by Crippen LogP contribution is -2.34. The minimum absolute atomic E-state index is 0.00396. The molecule has 0 saturated heterocycles. The van der Waals surface area contributed by atoms with Gasteiger partial charge in [0.2, 0.25) is 0 Å². The van der Waals surface area contributed by atoms with Crippen molar-refractivity contribution in [1.29, 1.82) is 0 Å². The average molecular weight is 317 g/mol. The van der Waals surface area contributed by atoms with E-state index in [-0.39, 0.29) is 22.9 Å². The number of hydrogen-bond donors (Lipinski definition) is 2. The van der Waals surface area contributed by atoms with Gasteiger partial charge in [0.05, 0.1) is 5.54 Å². The van der Waals surface area contributed by atoms with Crippen LogP contribution in [0.2, 0.25) is 0 Å². The van der Waals surface area contributed by atoms with Crippen LogP contribution in [0.4, 0.5) is 4.39 Å². The first-order valence-electron chi connectivity index (χ1n) is 7.40. The average Bonchev–Trinajstić information content (AvgIpc) is 3.15. The predicted octanol–water partition coefficient (Wildman–Crippen LogP) is 3.10. The molecule has 0 atom stereocenters. The molecule has 1 amide bonds. The van der Waals surface area contributed by atoms with Crippen LogP contribution in [-0.2, 0) is 12.0 Å². The van der Waals surface area contributed by atoms with E-state index in [9.17, 15) is 14.0 Å². The molecular weight excluding hydrogens is 301 g/mol. The number of rotatable bonds is 5. The summed E-state index contributed by atoms with van der Waals surface area (Å²) in [5.74, 6) is -1.67. The van der Waals surface area contributed by atoms with Crippen molar-refractivity contribution in [1.82, 2.24) is 5.32 Å². The van der Waals surface area contributed by atoms with Crippen LogP contribution in [0, 0.1) is 5.82 Å². The molecule has 2 aromatic rings. The molecule has 1 heterocycles. The molecule has 2 N–H and O–H groups in total. The minimum Gasteiger partial charge on any atom is -0.478 e. The molecule has 1 aliphatic carbocycles. The van der Waals surface area contributed by atoms with E-state index >= 15 is 0 Å². The number of aromatic carboxylic acids is 1. The molecule has 23 heavy (non-hydrogen) atoms. The van der Waals surface area contributed by atoms with E-state index in [2.05, 4.69) is 5.32 Å². The Morgan fingerprint density at radius 2 is 1.96 bits per heavy atom. The summed E-state index contributed by atoms with van der Waals surface area (Å²) in [5, 5.41) is 12.0. The quantitative estimate of drug-likeness (QED) is 0.888. The van der Waals surface area contributed by atoms with Gasteiger partial charge in [0.25, 0.3) is 5.91 Å². The minimum atomic E-state index is -1.12. The second-order valence-corrected chi connectivity index (χ2v) is 5.65. The third-order valence-electron chi connectivity index (χ3n) is 4.08. The number of halogens is 1. The van der Waals surface area contributed by atoms with Crippen molar-refractivity contribution < 1.29 is 23.5 Å². The van der Waals surface area contributed by atoms with Crippen molar-refractivity contribution in [3.05, 3.63) is 58.8 Å². The van der Waals surface area contributed by atoms with Gasteiger partial charge in [-0.2, -0.15) is 0 Å². The van der Waals surface area contributed by atoms with Crippen LogP contribution in [0.15, 0.2) is 34.7 Å². The van der Waals surface area contributed by atoms with E-state index in [0.29, 0.717) is 6.42 Å². The molecule has 6 heteroatoms. The summed E-state index contributed by atoms with van der Waals surface area (Å²) in [4.78, 5) is 23.5. The third kappa shape index (κ3) is 2.84. The Morgan fingerprint density at radius 1 is 1.30 bits per heavy atom. The zero-order chi connectivity index (χ0) is 16.6. The monoisotopic (exact) mass is 317 g/mol. The van der Waals surface area contributed by atoms with Crippen molar-refractivity contribution in [2.45, 2.75) is 31.7 Å². The number of carbonyl (C=O) groups is 2. The molecule has 5 nitrogen and oxygen atoms in total. The van der Waals surface area contributed by atoms with E-state index in [1.165, 1.54) is 18.2 Å². The molecule has 1 aromatic carbocycles. The van der Waals surface area contributed by atoms with Crippen LogP contribution in [0.1, 0.15) is 52.0 Å². The van der Waals surface area contributed by atoms with Crippen LogP contribution in [0.5, 0.6) is 0 Å². The van der Waals surface area contributed by atoms with Gasteiger partial charge in [-0.15, -0.1) is 0 Å². The number of carboxylic acids is 1. The van der Waals surface area contributed by atoms with Gasteiger partial charge in [-0.3, -0.25) is 4.79 Å². The molecule has 0 aliphatic heterocycles. The first-order chi connectivity index (χ1) is 10.9. The molecule has 3 rings (SSSR count). The van der Waals surface area contributed by atoms with E-state index in [0.717, 1.165) is 18.4 Å². The lowest BCUT2D eigenvalue weighted by molar-refractivity contribution is 0.0694. The second-order valence-electron chi connectivity index (χ2n) is 5.65. The van der Waals surface area contributed by atoms with Crippen LogP contribution < -0.4 is 5.32 Å². The van der Waals surface area contributed by atoms with Crippen LogP contribution in [-0.4, -0.2) is 17.0 Å². The Hall–Kier alpha value is -2.63. The zero-order valence-corrected chi connectivity index (χ0v) is 12.6. The van der Waals surface area contributed by atoms with Gasteiger partial charge in [-0.05, 0) is 30.5 Å². The number of benzene rings is 1. The zero-order valence-electron chi connectivity index (χ0n) is 12.6. The van der Waals surface area contributed by atoms with E-state index in [4.69, 9.17) is 9.52 Å². The third-order valence-corrected chi connectivity index (χ3v) is 4.08. The molecular formula is C17H16FNO4. The van der Waals surface area contributed by atoms with Crippen molar-refractivity contribution in [3.63, 3.8) is 0 Å². The highest BCUT2D eigenvalue weighted by molar-refractivity contribution is 5.96. The van der Waals surface area contributed by atoms with Gasteiger partial charge in [0, 0.05) is 12.5 Å². The summed E-state index contributed by atoms with van der Waals surface area (Å²) in [7, 11) is 0. The largest absolute Gasteiger partial charge is 0.478 e. The van der Waals surface area contributed by atoms with Crippen LogP contribution in [0.25, 0.3) is 0 Å². The summed E-state index contributed by atoms with van der Waals surface area (Å²) in [6, 6.07) is 7.24. The fraction of sp³-hybridized carbons (Fsp3) is 0.294. The molecule has 1 saturated carbocycles. The highest BCUT2D eigenvalue weighted by Gasteiger charge is 2.46. The summed E-state index contributed by atoms with van der Waals surface area (Å²) >= 11 is 0. The standard InChI is InChI=1S/C17H16FNO4/c1-2-13-12(16(21)22)9-14(23-13)15(20)19-17(7-8-17)10-3-5-11(18)6-4-10/h3-6,9H,2,7-8H2,1H3,(H,19,20)(H,21,22). The van der Waals surface area contributed by atoms with Crippen molar-refractivity contribution in [2.24, 2.45) is 0 Å². The highest BCUT2D eigenvalue weighted by Crippen LogP contribution is 2.45. The SMILES string of the molecule is CCc1oc(C(=O)NC2(c3ccc(F)cc3)CC2)cc1C(=O)O. The molecule has 0 bridgehead atoms. The van der Waals surface area contributed by atoms with Crippen molar-refractivity contribution in [2.75, 3.05) is 0 Å². The molecule has 1 aliphatic rings. The van der Waals surface area contributed by atoms with Gasteiger partial charge in [-0.25, -0.2) is 9.18 Å². The maximum atomic E-state index is 13.0. The lowest BCUT2D eigenvalue weighted by atomic mass is 10.0. The van der Waals surface area contributed by atoms with Gasteiger partial charge >= 0.3 is 5.97 Å². The second kappa shape index (κ2) is 5.53.